The van der Waals surface area contributed by atoms with Gasteiger partial charge in [0.15, 0.2) is 0 Å². The number of non-ortho nitro benzene ring substituents is 1. The third-order valence-electron chi connectivity index (χ3n) is 4.55. The van der Waals surface area contributed by atoms with E-state index in [0.717, 1.165) is 36.1 Å². The molecule has 0 unspecified atom stereocenters. The quantitative estimate of drug-likeness (QED) is 0.401. The first kappa shape index (κ1) is 20.5. The van der Waals surface area contributed by atoms with E-state index in [0.29, 0.717) is 17.0 Å². The number of hydrogen-bond acceptors (Lipinski definition) is 6. The van der Waals surface area contributed by atoms with E-state index in [4.69, 9.17) is 0 Å². The van der Waals surface area contributed by atoms with Crippen LogP contribution in [0.3, 0.4) is 0 Å². The average molecular weight is 416 g/mol. The van der Waals surface area contributed by atoms with Crippen molar-refractivity contribution >= 4 is 39.7 Å². The Bertz CT molecular complexity index is 985. The van der Waals surface area contributed by atoms with Gasteiger partial charge in [-0.1, -0.05) is 12.5 Å². The smallest absolute Gasteiger partial charge is 0.272 e. The summed E-state index contributed by atoms with van der Waals surface area (Å²) in [5.74, 6) is -1.46. The van der Waals surface area contributed by atoms with Gasteiger partial charge in [-0.15, -0.1) is 11.3 Å². The Balaban J connectivity index is 1.92. The van der Waals surface area contributed by atoms with Crippen LogP contribution >= 0.6 is 11.3 Å². The summed E-state index contributed by atoms with van der Waals surface area (Å²) < 4.78 is 0. The van der Waals surface area contributed by atoms with E-state index in [2.05, 4.69) is 16.2 Å². The Morgan fingerprint density at radius 3 is 2.55 bits per heavy atom. The number of anilines is 1. The summed E-state index contributed by atoms with van der Waals surface area (Å²) in [4.78, 5) is 48.0. The van der Waals surface area contributed by atoms with Crippen molar-refractivity contribution in [1.82, 2.24) is 10.9 Å². The molecular formula is C19H20N4O5S. The molecule has 0 aliphatic heterocycles. The number of hydrogen-bond donors (Lipinski definition) is 3. The number of thiophene rings is 1. The first-order valence-electron chi connectivity index (χ1n) is 9.14. The Morgan fingerprint density at radius 1 is 1.07 bits per heavy atom. The number of carbonyl (C=O) groups is 3. The fraction of sp³-hybridized carbons (Fsp3) is 0.316. The zero-order valence-corrected chi connectivity index (χ0v) is 16.6. The van der Waals surface area contributed by atoms with Crippen LogP contribution in [0, 0.1) is 10.1 Å². The number of aryl methyl sites for hydroxylation is 1. The predicted octanol–water partition coefficient (Wildman–Crippen LogP) is 2.96. The minimum absolute atomic E-state index is 0.121. The molecule has 0 radical (unpaired) electrons. The minimum Gasteiger partial charge on any atom is -0.313 e. The van der Waals surface area contributed by atoms with E-state index < -0.39 is 22.6 Å². The van der Waals surface area contributed by atoms with E-state index in [-0.39, 0.29) is 11.3 Å². The molecule has 0 atom stereocenters. The first-order chi connectivity index (χ1) is 13.9. The summed E-state index contributed by atoms with van der Waals surface area (Å²) in [7, 11) is 0. The van der Waals surface area contributed by atoms with Gasteiger partial charge in [0.2, 0.25) is 5.91 Å². The molecule has 29 heavy (non-hydrogen) atoms. The lowest BCUT2D eigenvalue weighted by Crippen LogP contribution is -2.40. The van der Waals surface area contributed by atoms with Crippen LogP contribution in [-0.2, 0) is 17.6 Å². The third kappa shape index (κ3) is 4.77. The highest BCUT2D eigenvalue weighted by molar-refractivity contribution is 7.17. The van der Waals surface area contributed by atoms with Crippen molar-refractivity contribution in [3.63, 3.8) is 0 Å². The van der Waals surface area contributed by atoms with Crippen molar-refractivity contribution in [2.24, 2.45) is 0 Å². The van der Waals surface area contributed by atoms with Crippen molar-refractivity contribution < 1.29 is 19.3 Å². The number of nitro groups is 1. The number of nitrogens with one attached hydrogen (secondary N) is 3. The third-order valence-corrected chi connectivity index (χ3v) is 5.75. The maximum atomic E-state index is 12.7. The highest BCUT2D eigenvalue weighted by Crippen LogP contribution is 2.37. The number of amides is 3. The summed E-state index contributed by atoms with van der Waals surface area (Å²) in [5, 5.41) is 14.1. The lowest BCUT2D eigenvalue weighted by Gasteiger charge is -2.10. The van der Waals surface area contributed by atoms with Crippen LogP contribution in [0.1, 0.15) is 57.3 Å². The van der Waals surface area contributed by atoms with Crippen molar-refractivity contribution in [2.75, 3.05) is 5.32 Å². The fourth-order valence-electron chi connectivity index (χ4n) is 3.21. The molecule has 0 saturated heterocycles. The summed E-state index contributed by atoms with van der Waals surface area (Å²) in [5.41, 5.74) is 5.77. The molecule has 2 aromatic rings. The van der Waals surface area contributed by atoms with Gasteiger partial charge in [-0.2, -0.15) is 0 Å². The molecule has 1 aromatic heterocycles. The standard InChI is InChI=1S/C19H20N4O5S/c1-11(24)21-22-18(26)16-14-8-3-2-4-9-15(14)29-19(16)20-17(25)12-6-5-7-13(10-12)23(27)28/h5-7,10H,2-4,8-9H2,1H3,(H,20,25)(H,21,24)(H,22,26). The molecule has 0 saturated carbocycles. The van der Waals surface area contributed by atoms with E-state index in [1.54, 1.807) is 0 Å². The molecule has 1 heterocycles. The molecule has 152 valence electrons. The molecule has 0 spiro atoms. The topological polar surface area (TPSA) is 130 Å². The molecule has 1 aliphatic carbocycles. The van der Waals surface area contributed by atoms with Gasteiger partial charge in [0.1, 0.15) is 5.00 Å². The number of hydrazine groups is 1. The number of nitrogens with zero attached hydrogens (tertiary/aromatic N) is 1. The van der Waals surface area contributed by atoms with E-state index in [1.807, 2.05) is 0 Å². The van der Waals surface area contributed by atoms with E-state index in [9.17, 15) is 24.5 Å². The van der Waals surface area contributed by atoms with Gasteiger partial charge < -0.3 is 5.32 Å². The van der Waals surface area contributed by atoms with Crippen molar-refractivity contribution in [2.45, 2.75) is 39.0 Å². The highest BCUT2D eigenvalue weighted by Gasteiger charge is 2.26. The number of rotatable bonds is 4. The van der Waals surface area contributed by atoms with Crippen molar-refractivity contribution in [1.29, 1.82) is 0 Å². The van der Waals surface area contributed by atoms with Gasteiger partial charge >= 0.3 is 0 Å². The predicted molar refractivity (Wildman–Crippen MR) is 108 cm³/mol. The molecule has 10 heteroatoms. The molecule has 1 aromatic carbocycles. The van der Waals surface area contributed by atoms with Crippen molar-refractivity contribution in [3.8, 4) is 0 Å². The molecular weight excluding hydrogens is 396 g/mol. The van der Waals surface area contributed by atoms with Crippen LogP contribution in [0.15, 0.2) is 24.3 Å². The molecule has 0 fully saturated rings. The molecule has 0 bridgehead atoms. The second-order valence-corrected chi connectivity index (χ2v) is 7.77. The molecule has 9 nitrogen and oxygen atoms in total. The summed E-state index contributed by atoms with van der Waals surface area (Å²) >= 11 is 1.33. The van der Waals surface area contributed by atoms with Crippen LogP contribution in [0.4, 0.5) is 10.7 Å². The summed E-state index contributed by atoms with van der Waals surface area (Å²) in [6.45, 7) is 1.28. The first-order valence-corrected chi connectivity index (χ1v) is 9.95. The molecule has 1 aliphatic rings. The highest BCUT2D eigenvalue weighted by atomic mass is 32.1. The average Bonchev–Trinajstić information content (AvgIpc) is 2.86. The van der Waals surface area contributed by atoms with Crippen LogP contribution in [0.2, 0.25) is 0 Å². The molecule has 3 rings (SSSR count). The monoisotopic (exact) mass is 416 g/mol. The molecule has 3 N–H and O–H groups in total. The fourth-order valence-corrected chi connectivity index (χ4v) is 4.50. The van der Waals surface area contributed by atoms with E-state index in [1.165, 1.54) is 42.5 Å². The van der Waals surface area contributed by atoms with Gasteiger partial charge in [0, 0.05) is 29.5 Å². The van der Waals surface area contributed by atoms with Crippen LogP contribution in [-0.4, -0.2) is 22.6 Å². The number of benzene rings is 1. The van der Waals surface area contributed by atoms with Gasteiger partial charge in [-0.3, -0.25) is 35.3 Å². The Labute approximate surface area is 170 Å². The van der Waals surface area contributed by atoms with Crippen LogP contribution in [0.5, 0.6) is 0 Å². The maximum absolute atomic E-state index is 12.7. The van der Waals surface area contributed by atoms with Gasteiger partial charge in [0.05, 0.1) is 10.5 Å². The van der Waals surface area contributed by atoms with E-state index >= 15 is 0 Å². The Hall–Kier alpha value is -3.27. The largest absolute Gasteiger partial charge is 0.313 e. The minimum atomic E-state index is -0.573. The summed E-state index contributed by atoms with van der Waals surface area (Å²) in [6, 6.07) is 5.39. The normalized spacial score (nSPS) is 13.0. The van der Waals surface area contributed by atoms with Gasteiger partial charge in [-0.25, -0.2) is 0 Å². The lowest BCUT2D eigenvalue weighted by molar-refractivity contribution is -0.384. The number of carbonyl (C=O) groups excluding carboxylic acids is 3. The van der Waals surface area contributed by atoms with Gasteiger partial charge in [0.25, 0.3) is 17.5 Å². The zero-order valence-electron chi connectivity index (χ0n) is 15.7. The second-order valence-electron chi connectivity index (χ2n) is 6.67. The molecule has 3 amide bonds. The maximum Gasteiger partial charge on any atom is 0.272 e. The summed E-state index contributed by atoms with van der Waals surface area (Å²) in [6.07, 6.45) is 4.51. The zero-order chi connectivity index (χ0) is 21.0. The Kier molecular flexibility index (Phi) is 6.23. The van der Waals surface area contributed by atoms with Crippen LogP contribution in [0.25, 0.3) is 0 Å². The second kappa shape index (κ2) is 8.82. The van der Waals surface area contributed by atoms with Gasteiger partial charge in [-0.05, 0) is 37.3 Å². The SMILES string of the molecule is CC(=O)NNC(=O)c1c(NC(=O)c2cccc([N+](=O)[O-])c2)sc2c1CCCCC2. The van der Waals surface area contributed by atoms with Crippen molar-refractivity contribution in [3.05, 3.63) is 55.9 Å². The lowest BCUT2D eigenvalue weighted by atomic mass is 10.0. The van der Waals surface area contributed by atoms with Crippen LogP contribution < -0.4 is 16.2 Å². The number of fused-ring (bicyclic) bond motifs is 1. The Morgan fingerprint density at radius 2 is 1.83 bits per heavy atom. The number of nitro benzene ring substituents is 1.